The standard InChI is InChI=1S/C10H15FN2O2/c1-7(9(14)15)8-4-12-13(5-8)6-10(2,3)11/h4-5,7H,6H2,1-3H3,(H,14,15). The summed E-state index contributed by atoms with van der Waals surface area (Å²) in [6.07, 6.45) is 3.03. The quantitative estimate of drug-likeness (QED) is 0.831. The third-order valence-electron chi connectivity index (χ3n) is 2.06. The van der Waals surface area contributed by atoms with E-state index in [-0.39, 0.29) is 6.54 Å². The molecule has 1 aromatic heterocycles. The highest BCUT2D eigenvalue weighted by Crippen LogP contribution is 2.16. The Morgan fingerprint density at radius 2 is 2.33 bits per heavy atom. The molecule has 0 bridgehead atoms. The molecule has 0 saturated carbocycles. The monoisotopic (exact) mass is 214 g/mol. The van der Waals surface area contributed by atoms with Crippen LogP contribution in [0.1, 0.15) is 32.3 Å². The Balaban J connectivity index is 2.77. The fraction of sp³-hybridized carbons (Fsp3) is 0.600. The number of nitrogens with zero attached hydrogens (tertiary/aromatic N) is 2. The average Bonchev–Trinajstić information content (AvgIpc) is 2.48. The summed E-state index contributed by atoms with van der Waals surface area (Å²) in [6.45, 7) is 4.60. The van der Waals surface area contributed by atoms with Gasteiger partial charge in [-0.25, -0.2) is 4.39 Å². The predicted molar refractivity (Wildman–Crippen MR) is 53.5 cm³/mol. The number of carbonyl (C=O) groups is 1. The van der Waals surface area contributed by atoms with Crippen molar-refractivity contribution in [2.45, 2.75) is 38.9 Å². The first kappa shape index (κ1) is 11.7. The molecule has 0 spiro atoms. The highest BCUT2D eigenvalue weighted by atomic mass is 19.1. The lowest BCUT2D eigenvalue weighted by Gasteiger charge is -2.13. The van der Waals surface area contributed by atoms with E-state index in [0.717, 1.165) is 0 Å². The number of aromatic nitrogens is 2. The van der Waals surface area contributed by atoms with E-state index in [1.54, 1.807) is 13.1 Å². The molecule has 1 N–H and O–H groups in total. The number of aliphatic carboxylic acids is 1. The molecule has 15 heavy (non-hydrogen) atoms. The van der Waals surface area contributed by atoms with E-state index < -0.39 is 17.6 Å². The minimum atomic E-state index is -1.35. The molecule has 4 nitrogen and oxygen atoms in total. The Labute approximate surface area is 87.7 Å². The summed E-state index contributed by atoms with van der Waals surface area (Å²) in [5, 5.41) is 12.7. The Kier molecular flexibility index (Phi) is 3.12. The van der Waals surface area contributed by atoms with Crippen LogP contribution >= 0.6 is 0 Å². The van der Waals surface area contributed by atoms with Crippen molar-refractivity contribution in [3.63, 3.8) is 0 Å². The second-order valence-electron chi connectivity index (χ2n) is 4.25. The first-order chi connectivity index (χ1) is 6.79. The van der Waals surface area contributed by atoms with E-state index in [1.165, 1.54) is 24.7 Å². The van der Waals surface area contributed by atoms with Crippen LogP contribution in [-0.2, 0) is 11.3 Å². The third-order valence-corrected chi connectivity index (χ3v) is 2.06. The van der Waals surface area contributed by atoms with Gasteiger partial charge >= 0.3 is 5.97 Å². The Morgan fingerprint density at radius 1 is 1.73 bits per heavy atom. The fourth-order valence-electron chi connectivity index (χ4n) is 1.22. The van der Waals surface area contributed by atoms with Crippen LogP contribution in [0.15, 0.2) is 12.4 Å². The van der Waals surface area contributed by atoms with Gasteiger partial charge in [0.25, 0.3) is 0 Å². The molecule has 0 aliphatic heterocycles. The molecular formula is C10H15FN2O2. The number of halogens is 1. The minimum Gasteiger partial charge on any atom is -0.481 e. The van der Waals surface area contributed by atoms with Gasteiger partial charge in [-0.1, -0.05) is 0 Å². The van der Waals surface area contributed by atoms with E-state index in [1.807, 2.05) is 0 Å². The normalized spacial score (nSPS) is 13.9. The van der Waals surface area contributed by atoms with E-state index in [2.05, 4.69) is 5.10 Å². The second-order valence-corrected chi connectivity index (χ2v) is 4.25. The zero-order chi connectivity index (χ0) is 11.6. The molecule has 0 aromatic carbocycles. The van der Waals surface area contributed by atoms with Gasteiger partial charge in [0.2, 0.25) is 0 Å². The number of carboxylic acids is 1. The number of hydrogen-bond acceptors (Lipinski definition) is 2. The van der Waals surface area contributed by atoms with E-state index in [0.29, 0.717) is 5.56 Å². The van der Waals surface area contributed by atoms with Crippen molar-refractivity contribution in [2.24, 2.45) is 0 Å². The Hall–Kier alpha value is -1.39. The Bertz CT molecular complexity index is 355. The van der Waals surface area contributed by atoms with Crippen LogP contribution in [0.5, 0.6) is 0 Å². The molecule has 5 heteroatoms. The minimum absolute atomic E-state index is 0.124. The van der Waals surface area contributed by atoms with Crippen molar-refractivity contribution in [3.8, 4) is 0 Å². The molecule has 0 saturated heterocycles. The maximum absolute atomic E-state index is 13.3. The van der Waals surface area contributed by atoms with Crippen molar-refractivity contribution in [1.82, 2.24) is 9.78 Å². The molecule has 0 amide bonds. The molecule has 1 unspecified atom stereocenters. The van der Waals surface area contributed by atoms with Crippen LogP contribution in [0.4, 0.5) is 4.39 Å². The van der Waals surface area contributed by atoms with Crippen molar-refractivity contribution < 1.29 is 14.3 Å². The van der Waals surface area contributed by atoms with E-state index in [4.69, 9.17) is 5.11 Å². The molecular weight excluding hydrogens is 199 g/mol. The van der Waals surface area contributed by atoms with Crippen molar-refractivity contribution in [2.75, 3.05) is 0 Å². The Morgan fingerprint density at radius 3 is 2.80 bits per heavy atom. The number of rotatable bonds is 4. The second kappa shape index (κ2) is 4.00. The maximum Gasteiger partial charge on any atom is 0.310 e. The van der Waals surface area contributed by atoms with Crippen LogP contribution in [-0.4, -0.2) is 26.5 Å². The lowest BCUT2D eigenvalue weighted by atomic mass is 10.1. The summed E-state index contributed by atoms with van der Waals surface area (Å²) in [4.78, 5) is 10.7. The number of alkyl halides is 1. The molecule has 1 rings (SSSR count). The van der Waals surface area contributed by atoms with Crippen molar-refractivity contribution in [1.29, 1.82) is 0 Å². The number of carboxylic acid groups (broad SMARTS) is 1. The third kappa shape index (κ3) is 3.34. The lowest BCUT2D eigenvalue weighted by Crippen LogP contribution is -2.21. The topological polar surface area (TPSA) is 55.1 Å². The molecule has 1 heterocycles. The summed E-state index contributed by atoms with van der Waals surface area (Å²) in [7, 11) is 0. The van der Waals surface area contributed by atoms with Crippen LogP contribution in [0.3, 0.4) is 0 Å². The summed E-state index contributed by atoms with van der Waals surface area (Å²) < 4.78 is 14.7. The van der Waals surface area contributed by atoms with Gasteiger partial charge in [0.05, 0.1) is 18.7 Å². The fourth-order valence-corrected chi connectivity index (χ4v) is 1.22. The molecule has 0 aliphatic rings. The van der Waals surface area contributed by atoms with Crippen LogP contribution in [0, 0.1) is 0 Å². The summed E-state index contributed by atoms with van der Waals surface area (Å²) in [6, 6.07) is 0. The van der Waals surface area contributed by atoms with Crippen LogP contribution in [0.25, 0.3) is 0 Å². The molecule has 0 radical (unpaired) electrons. The van der Waals surface area contributed by atoms with Crippen molar-refractivity contribution >= 4 is 5.97 Å². The van der Waals surface area contributed by atoms with Gasteiger partial charge in [0, 0.05) is 11.8 Å². The predicted octanol–water partition coefficient (Wildman–Crippen LogP) is 1.82. The molecule has 1 aromatic rings. The van der Waals surface area contributed by atoms with Gasteiger partial charge in [-0.05, 0) is 20.8 Å². The van der Waals surface area contributed by atoms with Gasteiger partial charge in [0.1, 0.15) is 5.67 Å². The smallest absolute Gasteiger partial charge is 0.310 e. The van der Waals surface area contributed by atoms with Gasteiger partial charge in [-0.2, -0.15) is 5.10 Å². The first-order valence-electron chi connectivity index (χ1n) is 4.73. The first-order valence-corrected chi connectivity index (χ1v) is 4.73. The van der Waals surface area contributed by atoms with Gasteiger partial charge < -0.3 is 5.11 Å². The summed E-state index contributed by atoms with van der Waals surface area (Å²) in [5.74, 6) is -1.52. The average molecular weight is 214 g/mol. The largest absolute Gasteiger partial charge is 0.481 e. The van der Waals surface area contributed by atoms with Crippen molar-refractivity contribution in [3.05, 3.63) is 18.0 Å². The maximum atomic E-state index is 13.3. The highest BCUT2D eigenvalue weighted by molar-refractivity contribution is 5.75. The molecule has 0 aliphatic carbocycles. The number of hydrogen-bond donors (Lipinski definition) is 1. The molecule has 0 fully saturated rings. The van der Waals surface area contributed by atoms with E-state index in [9.17, 15) is 9.18 Å². The van der Waals surface area contributed by atoms with Gasteiger partial charge in [0.15, 0.2) is 0 Å². The lowest BCUT2D eigenvalue weighted by molar-refractivity contribution is -0.138. The highest BCUT2D eigenvalue weighted by Gasteiger charge is 2.19. The SMILES string of the molecule is CC(C(=O)O)c1cnn(CC(C)(C)F)c1. The van der Waals surface area contributed by atoms with Gasteiger partial charge in [-0.3, -0.25) is 9.48 Å². The summed E-state index contributed by atoms with van der Waals surface area (Å²) in [5.41, 5.74) is -0.762. The van der Waals surface area contributed by atoms with Crippen LogP contribution < -0.4 is 0 Å². The van der Waals surface area contributed by atoms with Gasteiger partial charge in [-0.15, -0.1) is 0 Å². The zero-order valence-electron chi connectivity index (χ0n) is 9.07. The zero-order valence-corrected chi connectivity index (χ0v) is 9.07. The van der Waals surface area contributed by atoms with Crippen LogP contribution in [0.2, 0.25) is 0 Å². The molecule has 84 valence electrons. The van der Waals surface area contributed by atoms with E-state index >= 15 is 0 Å². The summed E-state index contributed by atoms with van der Waals surface area (Å²) >= 11 is 0. The molecule has 1 atom stereocenters.